The third kappa shape index (κ3) is 6.40. The molecule has 0 fully saturated rings. The summed E-state index contributed by atoms with van der Waals surface area (Å²) in [4.78, 5) is 0. The van der Waals surface area contributed by atoms with Crippen LogP contribution in [0, 0.1) is 0 Å². The van der Waals surface area contributed by atoms with Crippen LogP contribution in [-0.2, 0) is 23.7 Å². The Morgan fingerprint density at radius 1 is 0.812 bits per heavy atom. The van der Waals surface area contributed by atoms with E-state index in [2.05, 4.69) is 0 Å². The van der Waals surface area contributed by atoms with E-state index in [0.29, 0.717) is 19.8 Å². The second-order valence-electron chi connectivity index (χ2n) is 3.58. The fourth-order valence-corrected chi connectivity index (χ4v) is 1.24. The van der Waals surface area contributed by atoms with Crippen LogP contribution in [0.15, 0.2) is 0 Å². The van der Waals surface area contributed by atoms with Gasteiger partial charge in [-0.25, -0.2) is 0 Å². The summed E-state index contributed by atoms with van der Waals surface area (Å²) in [7, 11) is 6.57. The lowest BCUT2D eigenvalue weighted by Gasteiger charge is -2.24. The molecule has 0 aromatic carbocycles. The molecule has 0 aromatic heterocycles. The fraction of sp³-hybridized carbons (Fsp3) is 1.00. The van der Waals surface area contributed by atoms with Crippen LogP contribution in [0.2, 0.25) is 0 Å². The van der Waals surface area contributed by atoms with Crippen LogP contribution in [0.3, 0.4) is 0 Å². The Labute approximate surface area is 98.0 Å². The molecule has 0 N–H and O–H groups in total. The van der Waals surface area contributed by atoms with Crippen molar-refractivity contribution in [3.05, 3.63) is 0 Å². The van der Waals surface area contributed by atoms with Crippen LogP contribution >= 0.6 is 0 Å². The van der Waals surface area contributed by atoms with Crippen molar-refractivity contribution in [1.29, 1.82) is 0 Å². The smallest absolute Gasteiger partial charge is 0.107 e. The first-order valence-electron chi connectivity index (χ1n) is 5.34. The molecule has 5 nitrogen and oxygen atoms in total. The summed E-state index contributed by atoms with van der Waals surface area (Å²) in [5.74, 6) is 0. The number of hydrogen-bond donors (Lipinski definition) is 0. The molecule has 0 amide bonds. The molecule has 16 heavy (non-hydrogen) atoms. The lowest BCUT2D eigenvalue weighted by atomic mass is 10.2. The number of methoxy groups -OCH3 is 4. The number of hydrogen-bond acceptors (Lipinski definition) is 5. The van der Waals surface area contributed by atoms with Gasteiger partial charge in [0, 0.05) is 28.4 Å². The zero-order chi connectivity index (χ0) is 12.4. The molecule has 0 aliphatic rings. The Bertz CT molecular complexity index is 153. The highest BCUT2D eigenvalue weighted by Crippen LogP contribution is 2.05. The molecule has 0 bridgehead atoms. The van der Waals surface area contributed by atoms with Gasteiger partial charge in [0.05, 0.1) is 25.9 Å². The number of rotatable bonds is 10. The summed E-state index contributed by atoms with van der Waals surface area (Å²) in [6.07, 6.45) is -0.169. The van der Waals surface area contributed by atoms with Crippen molar-refractivity contribution in [1.82, 2.24) is 0 Å². The quantitative estimate of drug-likeness (QED) is 0.559. The zero-order valence-electron chi connectivity index (χ0n) is 10.9. The molecular weight excluding hydrogens is 212 g/mol. The molecule has 0 saturated carbocycles. The summed E-state index contributed by atoms with van der Waals surface area (Å²) >= 11 is 0. The van der Waals surface area contributed by atoms with Crippen LogP contribution in [0.5, 0.6) is 0 Å². The first-order chi connectivity index (χ1) is 7.69. The van der Waals surface area contributed by atoms with Gasteiger partial charge in [0.15, 0.2) is 0 Å². The van der Waals surface area contributed by atoms with E-state index in [9.17, 15) is 0 Å². The molecular formula is C11H24O5. The van der Waals surface area contributed by atoms with Crippen LogP contribution in [0.4, 0.5) is 0 Å². The van der Waals surface area contributed by atoms with Crippen LogP contribution in [-0.4, -0.2) is 66.6 Å². The van der Waals surface area contributed by atoms with Gasteiger partial charge in [0.25, 0.3) is 0 Å². The molecule has 5 heteroatoms. The lowest BCUT2D eigenvalue weighted by Crippen LogP contribution is -2.36. The van der Waals surface area contributed by atoms with Gasteiger partial charge in [-0.2, -0.15) is 0 Å². The SMILES string of the molecule is COCC(OC[C@H](COC)OC)[C@H](C)OC. The van der Waals surface area contributed by atoms with Gasteiger partial charge in [-0.05, 0) is 6.92 Å². The third-order valence-corrected chi connectivity index (χ3v) is 2.41. The topological polar surface area (TPSA) is 46.2 Å². The largest absolute Gasteiger partial charge is 0.382 e. The normalized spacial score (nSPS) is 17.1. The highest BCUT2D eigenvalue weighted by atomic mass is 16.6. The van der Waals surface area contributed by atoms with E-state index >= 15 is 0 Å². The molecule has 0 aliphatic heterocycles. The standard InChI is InChI=1S/C11H24O5/c1-9(14-4)11(8-13-3)16-7-10(15-5)6-12-2/h9-11H,6-8H2,1-5H3/t9-,10-,11?/m0/s1. The minimum Gasteiger partial charge on any atom is -0.382 e. The molecule has 0 radical (unpaired) electrons. The van der Waals surface area contributed by atoms with Gasteiger partial charge < -0.3 is 23.7 Å². The monoisotopic (exact) mass is 236 g/mol. The molecule has 1 unspecified atom stereocenters. The number of ether oxygens (including phenoxy) is 5. The Balaban J connectivity index is 3.98. The van der Waals surface area contributed by atoms with E-state index in [0.717, 1.165) is 0 Å². The van der Waals surface area contributed by atoms with Crippen molar-refractivity contribution in [2.24, 2.45) is 0 Å². The molecule has 0 saturated heterocycles. The Hall–Kier alpha value is -0.200. The molecule has 0 rings (SSSR count). The van der Waals surface area contributed by atoms with E-state index in [1.54, 1.807) is 28.4 Å². The Morgan fingerprint density at radius 2 is 1.44 bits per heavy atom. The summed E-state index contributed by atoms with van der Waals surface area (Å²) in [5, 5.41) is 0. The fourth-order valence-electron chi connectivity index (χ4n) is 1.24. The first kappa shape index (κ1) is 15.8. The molecule has 0 aromatic rings. The molecule has 98 valence electrons. The second kappa shape index (κ2) is 9.99. The second-order valence-corrected chi connectivity index (χ2v) is 3.58. The molecule has 0 spiro atoms. The summed E-state index contributed by atoms with van der Waals surface area (Å²) < 4.78 is 26.2. The minimum absolute atomic E-state index is 0.0139. The van der Waals surface area contributed by atoms with Gasteiger partial charge in [-0.3, -0.25) is 0 Å². The third-order valence-electron chi connectivity index (χ3n) is 2.41. The summed E-state index contributed by atoms with van der Waals surface area (Å²) in [6, 6.07) is 0. The van der Waals surface area contributed by atoms with Gasteiger partial charge in [0.1, 0.15) is 12.2 Å². The molecule has 3 atom stereocenters. The molecule has 0 aliphatic carbocycles. The first-order valence-corrected chi connectivity index (χ1v) is 5.34. The van der Waals surface area contributed by atoms with E-state index in [1.165, 1.54) is 0 Å². The van der Waals surface area contributed by atoms with Crippen molar-refractivity contribution in [3.63, 3.8) is 0 Å². The van der Waals surface area contributed by atoms with E-state index in [-0.39, 0.29) is 18.3 Å². The van der Waals surface area contributed by atoms with Gasteiger partial charge >= 0.3 is 0 Å². The van der Waals surface area contributed by atoms with Gasteiger partial charge in [0.2, 0.25) is 0 Å². The van der Waals surface area contributed by atoms with Crippen molar-refractivity contribution in [2.45, 2.75) is 25.2 Å². The predicted molar refractivity (Wildman–Crippen MR) is 60.8 cm³/mol. The van der Waals surface area contributed by atoms with E-state index in [1.807, 2.05) is 6.92 Å². The highest BCUT2D eigenvalue weighted by Gasteiger charge is 2.19. The summed E-state index contributed by atoms with van der Waals surface area (Å²) in [5.41, 5.74) is 0. The van der Waals surface area contributed by atoms with Crippen molar-refractivity contribution in [3.8, 4) is 0 Å². The maximum atomic E-state index is 5.69. The minimum atomic E-state index is -0.0930. The average molecular weight is 236 g/mol. The van der Waals surface area contributed by atoms with Crippen LogP contribution < -0.4 is 0 Å². The average Bonchev–Trinajstić information content (AvgIpc) is 2.31. The van der Waals surface area contributed by atoms with Crippen molar-refractivity contribution < 1.29 is 23.7 Å². The maximum absolute atomic E-state index is 5.69. The Morgan fingerprint density at radius 3 is 1.88 bits per heavy atom. The van der Waals surface area contributed by atoms with Gasteiger partial charge in [-0.1, -0.05) is 0 Å². The van der Waals surface area contributed by atoms with Crippen molar-refractivity contribution >= 4 is 0 Å². The van der Waals surface area contributed by atoms with Crippen molar-refractivity contribution in [2.75, 3.05) is 48.3 Å². The van der Waals surface area contributed by atoms with Crippen LogP contribution in [0.25, 0.3) is 0 Å². The lowest BCUT2D eigenvalue weighted by molar-refractivity contribution is -0.111. The summed E-state index contributed by atoms with van der Waals surface area (Å²) in [6.45, 7) is 3.42. The highest BCUT2D eigenvalue weighted by molar-refractivity contribution is 4.67. The van der Waals surface area contributed by atoms with Gasteiger partial charge in [-0.15, -0.1) is 0 Å². The maximum Gasteiger partial charge on any atom is 0.107 e. The van der Waals surface area contributed by atoms with Crippen LogP contribution in [0.1, 0.15) is 6.92 Å². The van der Waals surface area contributed by atoms with E-state index in [4.69, 9.17) is 23.7 Å². The zero-order valence-corrected chi connectivity index (χ0v) is 10.9. The molecule has 0 heterocycles. The van der Waals surface area contributed by atoms with E-state index < -0.39 is 0 Å². The Kier molecular flexibility index (Phi) is 9.86. The predicted octanol–water partition coefficient (Wildman–Crippen LogP) is 0.714.